The molecule has 0 spiro atoms. The standard InChI is InChI=1S/C26H35NO2/c1-2-3-19-27-21-22-11-13-23(14-12-22)24-15-17-25(18-16-24)26(29)10-8-6-4-5-7-9-20-28/h2,11-18,27-28H,1,3-10,19-21H2. The van der Waals surface area contributed by atoms with Gasteiger partial charge in [-0.15, -0.1) is 6.58 Å². The van der Waals surface area contributed by atoms with E-state index in [0.717, 1.165) is 69.2 Å². The van der Waals surface area contributed by atoms with Gasteiger partial charge >= 0.3 is 0 Å². The molecule has 3 nitrogen and oxygen atoms in total. The number of unbranched alkanes of at least 4 members (excludes halogenated alkanes) is 5. The van der Waals surface area contributed by atoms with Crippen LogP contribution in [0.15, 0.2) is 61.2 Å². The van der Waals surface area contributed by atoms with E-state index < -0.39 is 0 Å². The van der Waals surface area contributed by atoms with Crippen LogP contribution in [0.4, 0.5) is 0 Å². The summed E-state index contributed by atoms with van der Waals surface area (Å²) in [5.41, 5.74) is 4.37. The lowest BCUT2D eigenvalue weighted by atomic mass is 9.99. The highest BCUT2D eigenvalue weighted by atomic mass is 16.2. The Morgan fingerprint density at radius 2 is 1.45 bits per heavy atom. The molecule has 0 saturated carbocycles. The molecule has 0 heterocycles. The van der Waals surface area contributed by atoms with Crippen LogP contribution in [0.2, 0.25) is 0 Å². The first kappa shape index (κ1) is 23.1. The van der Waals surface area contributed by atoms with E-state index in [0.29, 0.717) is 6.42 Å². The van der Waals surface area contributed by atoms with E-state index in [1.807, 2.05) is 30.3 Å². The fourth-order valence-electron chi connectivity index (χ4n) is 3.35. The molecule has 2 aromatic rings. The lowest BCUT2D eigenvalue weighted by Crippen LogP contribution is -2.13. The Morgan fingerprint density at radius 3 is 2.07 bits per heavy atom. The van der Waals surface area contributed by atoms with E-state index >= 15 is 0 Å². The highest BCUT2D eigenvalue weighted by Crippen LogP contribution is 2.21. The first-order valence-corrected chi connectivity index (χ1v) is 10.9. The van der Waals surface area contributed by atoms with E-state index in [4.69, 9.17) is 5.11 Å². The smallest absolute Gasteiger partial charge is 0.162 e. The predicted molar refractivity (Wildman–Crippen MR) is 122 cm³/mol. The molecule has 0 atom stereocenters. The van der Waals surface area contributed by atoms with Gasteiger partial charge in [0.2, 0.25) is 0 Å². The zero-order chi connectivity index (χ0) is 20.7. The fourth-order valence-corrected chi connectivity index (χ4v) is 3.35. The molecule has 0 radical (unpaired) electrons. The number of rotatable bonds is 15. The summed E-state index contributed by atoms with van der Waals surface area (Å²) in [6.45, 7) is 5.83. The second-order valence-electron chi connectivity index (χ2n) is 7.55. The van der Waals surface area contributed by atoms with Crippen LogP contribution in [0.3, 0.4) is 0 Å². The van der Waals surface area contributed by atoms with Crippen LogP contribution in [-0.4, -0.2) is 24.0 Å². The Balaban J connectivity index is 1.77. The minimum atomic E-state index is 0.229. The SMILES string of the molecule is C=CCCNCc1ccc(-c2ccc(C(=O)CCCCCCCCO)cc2)cc1. The zero-order valence-corrected chi connectivity index (χ0v) is 17.5. The lowest BCUT2D eigenvalue weighted by molar-refractivity contribution is 0.0979. The number of Topliss-reactive ketones (excluding diaryl/α,β-unsaturated/α-hetero) is 1. The Morgan fingerprint density at radius 1 is 0.862 bits per heavy atom. The highest BCUT2D eigenvalue weighted by molar-refractivity contribution is 5.96. The number of benzene rings is 2. The second kappa shape index (κ2) is 13.9. The van der Waals surface area contributed by atoms with Gasteiger partial charge in [0, 0.05) is 25.1 Å². The van der Waals surface area contributed by atoms with Gasteiger partial charge in [-0.25, -0.2) is 0 Å². The molecule has 0 aromatic heterocycles. The molecule has 0 fully saturated rings. The van der Waals surface area contributed by atoms with Gasteiger partial charge in [0.1, 0.15) is 0 Å². The maximum Gasteiger partial charge on any atom is 0.162 e. The summed E-state index contributed by atoms with van der Waals surface area (Å²) in [5.74, 6) is 0.229. The van der Waals surface area contributed by atoms with Crippen molar-refractivity contribution in [3.8, 4) is 11.1 Å². The molecule has 0 amide bonds. The first-order chi connectivity index (χ1) is 14.2. The Bertz CT molecular complexity index is 719. The van der Waals surface area contributed by atoms with Crippen molar-refractivity contribution in [2.24, 2.45) is 0 Å². The largest absolute Gasteiger partial charge is 0.396 e. The van der Waals surface area contributed by atoms with Crippen molar-refractivity contribution in [1.29, 1.82) is 0 Å². The van der Waals surface area contributed by atoms with Crippen molar-refractivity contribution < 1.29 is 9.90 Å². The van der Waals surface area contributed by atoms with E-state index in [-0.39, 0.29) is 12.4 Å². The monoisotopic (exact) mass is 393 g/mol. The molecule has 2 aromatic carbocycles. The van der Waals surface area contributed by atoms with Gasteiger partial charge < -0.3 is 10.4 Å². The molecule has 0 saturated heterocycles. The highest BCUT2D eigenvalue weighted by Gasteiger charge is 2.06. The number of ketones is 1. The molecule has 2 rings (SSSR count). The van der Waals surface area contributed by atoms with Gasteiger partial charge in [-0.1, -0.05) is 80.3 Å². The number of aliphatic hydroxyl groups excluding tert-OH is 1. The quantitative estimate of drug-likeness (QED) is 0.224. The topological polar surface area (TPSA) is 49.3 Å². The number of nitrogens with one attached hydrogen (secondary N) is 1. The van der Waals surface area contributed by atoms with Crippen molar-refractivity contribution in [1.82, 2.24) is 5.32 Å². The zero-order valence-electron chi connectivity index (χ0n) is 17.5. The van der Waals surface area contributed by atoms with E-state index in [9.17, 15) is 4.79 Å². The van der Waals surface area contributed by atoms with Crippen LogP contribution in [0.1, 0.15) is 67.3 Å². The van der Waals surface area contributed by atoms with E-state index in [2.05, 4.69) is 36.2 Å². The first-order valence-electron chi connectivity index (χ1n) is 10.9. The molecule has 2 N–H and O–H groups in total. The average Bonchev–Trinajstić information content (AvgIpc) is 2.76. The number of carbonyl (C=O) groups is 1. The van der Waals surface area contributed by atoms with Crippen molar-refractivity contribution in [2.75, 3.05) is 13.2 Å². The summed E-state index contributed by atoms with van der Waals surface area (Å²) in [5, 5.41) is 12.2. The predicted octanol–water partition coefficient (Wildman–Crippen LogP) is 5.93. The van der Waals surface area contributed by atoms with Crippen molar-refractivity contribution >= 4 is 5.78 Å². The number of aliphatic hydroxyl groups is 1. The van der Waals surface area contributed by atoms with Gasteiger partial charge in [-0.3, -0.25) is 4.79 Å². The normalized spacial score (nSPS) is 10.8. The average molecular weight is 394 g/mol. The molecule has 0 bridgehead atoms. The summed E-state index contributed by atoms with van der Waals surface area (Å²) in [4.78, 5) is 12.4. The summed E-state index contributed by atoms with van der Waals surface area (Å²) >= 11 is 0. The Kier molecular flexibility index (Phi) is 11.0. The third kappa shape index (κ3) is 8.76. The van der Waals surface area contributed by atoms with Gasteiger partial charge in [-0.05, 0) is 42.5 Å². The third-order valence-electron chi connectivity index (χ3n) is 5.16. The maximum atomic E-state index is 12.4. The van der Waals surface area contributed by atoms with E-state index in [1.165, 1.54) is 11.1 Å². The summed E-state index contributed by atoms with van der Waals surface area (Å²) in [6, 6.07) is 16.5. The second-order valence-corrected chi connectivity index (χ2v) is 7.55. The summed E-state index contributed by atoms with van der Waals surface area (Å²) < 4.78 is 0. The van der Waals surface area contributed by atoms with Gasteiger partial charge in [0.15, 0.2) is 5.78 Å². The minimum Gasteiger partial charge on any atom is -0.396 e. The molecule has 0 aliphatic rings. The maximum absolute atomic E-state index is 12.4. The van der Waals surface area contributed by atoms with Gasteiger partial charge in [-0.2, -0.15) is 0 Å². The van der Waals surface area contributed by atoms with Crippen LogP contribution >= 0.6 is 0 Å². The molecule has 0 aliphatic carbocycles. The number of hydrogen-bond acceptors (Lipinski definition) is 3. The van der Waals surface area contributed by atoms with Crippen LogP contribution < -0.4 is 5.32 Å². The van der Waals surface area contributed by atoms with Crippen molar-refractivity contribution in [2.45, 2.75) is 57.9 Å². The minimum absolute atomic E-state index is 0.229. The summed E-state index contributed by atoms with van der Waals surface area (Å²) in [7, 11) is 0. The molecule has 0 unspecified atom stereocenters. The van der Waals surface area contributed by atoms with Crippen LogP contribution in [0.5, 0.6) is 0 Å². The van der Waals surface area contributed by atoms with Crippen molar-refractivity contribution in [3.63, 3.8) is 0 Å². The molecular formula is C26H35NO2. The molecule has 156 valence electrons. The molecular weight excluding hydrogens is 358 g/mol. The van der Waals surface area contributed by atoms with Gasteiger partial charge in [0.25, 0.3) is 0 Å². The number of carbonyl (C=O) groups excluding carboxylic acids is 1. The Labute approximate surface area is 175 Å². The number of hydrogen-bond donors (Lipinski definition) is 2. The van der Waals surface area contributed by atoms with E-state index in [1.54, 1.807) is 0 Å². The third-order valence-corrected chi connectivity index (χ3v) is 5.16. The molecule has 0 aliphatic heterocycles. The Hall–Kier alpha value is -2.23. The van der Waals surface area contributed by atoms with Crippen LogP contribution in [-0.2, 0) is 6.54 Å². The van der Waals surface area contributed by atoms with Crippen LogP contribution in [0, 0.1) is 0 Å². The molecule has 3 heteroatoms. The van der Waals surface area contributed by atoms with Crippen molar-refractivity contribution in [3.05, 3.63) is 72.3 Å². The van der Waals surface area contributed by atoms with Gasteiger partial charge in [0.05, 0.1) is 0 Å². The van der Waals surface area contributed by atoms with Crippen LogP contribution in [0.25, 0.3) is 11.1 Å². The fraction of sp³-hybridized carbons (Fsp3) is 0.423. The summed E-state index contributed by atoms with van der Waals surface area (Å²) in [6.07, 6.45) is 9.82. The molecule has 29 heavy (non-hydrogen) atoms. The lowest BCUT2D eigenvalue weighted by Gasteiger charge is -2.07.